The average Bonchev–Trinajstić information content (AvgIpc) is 2.46. The monoisotopic (exact) mass is 240 g/mol. The first-order valence-electron chi connectivity index (χ1n) is 6.56. The molecular formula is C17H20O. The Hall–Kier alpha value is -1.76. The molecule has 0 amide bonds. The summed E-state index contributed by atoms with van der Waals surface area (Å²) in [7, 11) is 0. The molecule has 0 aromatic heterocycles. The van der Waals surface area contributed by atoms with Crippen LogP contribution in [0.5, 0.6) is 5.75 Å². The van der Waals surface area contributed by atoms with E-state index in [1.807, 2.05) is 6.07 Å². The quantitative estimate of drug-likeness (QED) is 0.751. The van der Waals surface area contributed by atoms with Gasteiger partial charge in [-0.25, -0.2) is 0 Å². The molecule has 0 aliphatic carbocycles. The Bertz CT molecular complexity index is 459. The second-order valence-corrected chi connectivity index (χ2v) is 4.62. The van der Waals surface area contributed by atoms with E-state index in [4.69, 9.17) is 4.74 Å². The van der Waals surface area contributed by atoms with E-state index in [1.165, 1.54) is 11.1 Å². The summed E-state index contributed by atoms with van der Waals surface area (Å²) in [4.78, 5) is 0. The van der Waals surface area contributed by atoms with Crippen LogP contribution >= 0.6 is 0 Å². The number of hydrogen-bond acceptors (Lipinski definition) is 1. The topological polar surface area (TPSA) is 9.23 Å². The highest BCUT2D eigenvalue weighted by Gasteiger charge is 2.05. The Balaban J connectivity index is 1.91. The van der Waals surface area contributed by atoms with Gasteiger partial charge in [-0.2, -0.15) is 0 Å². The fourth-order valence-electron chi connectivity index (χ4n) is 1.92. The largest absolute Gasteiger partial charge is 0.493 e. The van der Waals surface area contributed by atoms with Crippen LogP contribution in [0.4, 0.5) is 0 Å². The van der Waals surface area contributed by atoms with E-state index in [0.29, 0.717) is 5.92 Å². The third kappa shape index (κ3) is 3.36. The van der Waals surface area contributed by atoms with Crippen LogP contribution in [0.2, 0.25) is 0 Å². The first kappa shape index (κ1) is 12.7. The molecule has 0 spiro atoms. The summed E-state index contributed by atoms with van der Waals surface area (Å²) >= 11 is 0. The van der Waals surface area contributed by atoms with Gasteiger partial charge in [-0.05, 0) is 29.7 Å². The number of hydrogen-bond donors (Lipinski definition) is 0. The van der Waals surface area contributed by atoms with E-state index in [9.17, 15) is 0 Å². The molecule has 0 saturated heterocycles. The maximum atomic E-state index is 5.82. The Morgan fingerprint density at radius 2 is 1.61 bits per heavy atom. The predicted octanol–water partition coefficient (Wildman–Crippen LogP) is 4.43. The molecule has 2 rings (SSSR count). The van der Waals surface area contributed by atoms with Crippen LogP contribution in [-0.2, 0) is 6.42 Å². The first-order chi connectivity index (χ1) is 8.79. The Kier molecular flexibility index (Phi) is 4.40. The van der Waals surface area contributed by atoms with E-state index in [-0.39, 0.29) is 0 Å². The van der Waals surface area contributed by atoms with E-state index >= 15 is 0 Å². The Morgan fingerprint density at radius 1 is 0.944 bits per heavy atom. The smallest absolute Gasteiger partial charge is 0.119 e. The van der Waals surface area contributed by atoms with Crippen molar-refractivity contribution < 1.29 is 4.74 Å². The van der Waals surface area contributed by atoms with Crippen LogP contribution in [-0.4, -0.2) is 6.61 Å². The standard InChI is InChI=1S/C17H20O/c1-3-15-9-11-17(12-10-15)18-13-14(2)16-7-5-4-6-8-16/h4-12,14H,3,13H2,1-2H3/t14-/m1/s1. The van der Waals surface area contributed by atoms with Crippen molar-refractivity contribution in [1.29, 1.82) is 0 Å². The summed E-state index contributed by atoms with van der Waals surface area (Å²) in [6, 6.07) is 18.8. The minimum Gasteiger partial charge on any atom is -0.493 e. The highest BCUT2D eigenvalue weighted by Crippen LogP contribution is 2.18. The molecule has 2 aromatic rings. The minimum absolute atomic E-state index is 0.414. The lowest BCUT2D eigenvalue weighted by molar-refractivity contribution is 0.296. The zero-order chi connectivity index (χ0) is 12.8. The highest BCUT2D eigenvalue weighted by molar-refractivity contribution is 5.27. The van der Waals surface area contributed by atoms with E-state index in [0.717, 1.165) is 18.8 Å². The minimum atomic E-state index is 0.414. The molecule has 1 heteroatoms. The lowest BCUT2D eigenvalue weighted by atomic mass is 10.0. The van der Waals surface area contributed by atoms with E-state index in [2.05, 4.69) is 62.4 Å². The SMILES string of the molecule is CCc1ccc(OC[C@@H](C)c2ccccc2)cc1. The van der Waals surface area contributed by atoms with Crippen LogP contribution in [0.25, 0.3) is 0 Å². The molecule has 0 aliphatic rings. The predicted molar refractivity (Wildman–Crippen MR) is 76.2 cm³/mol. The fourth-order valence-corrected chi connectivity index (χ4v) is 1.92. The summed E-state index contributed by atoms with van der Waals surface area (Å²) in [5.74, 6) is 1.37. The second-order valence-electron chi connectivity index (χ2n) is 4.62. The molecule has 2 aromatic carbocycles. The Labute approximate surface area is 109 Å². The molecule has 94 valence electrons. The van der Waals surface area contributed by atoms with Gasteiger partial charge in [0.05, 0.1) is 6.61 Å². The molecule has 0 bridgehead atoms. The molecule has 0 unspecified atom stereocenters. The molecule has 0 heterocycles. The highest BCUT2D eigenvalue weighted by atomic mass is 16.5. The molecule has 0 saturated carbocycles. The maximum Gasteiger partial charge on any atom is 0.119 e. The zero-order valence-electron chi connectivity index (χ0n) is 11.1. The summed E-state index contributed by atoms with van der Waals surface area (Å²) in [6.07, 6.45) is 1.07. The normalized spacial score (nSPS) is 12.1. The molecule has 0 aliphatic heterocycles. The third-order valence-electron chi connectivity index (χ3n) is 3.20. The van der Waals surface area contributed by atoms with Crippen molar-refractivity contribution >= 4 is 0 Å². The maximum absolute atomic E-state index is 5.82. The van der Waals surface area contributed by atoms with Crippen molar-refractivity contribution in [2.45, 2.75) is 26.2 Å². The van der Waals surface area contributed by atoms with Gasteiger partial charge in [-0.15, -0.1) is 0 Å². The van der Waals surface area contributed by atoms with E-state index < -0.39 is 0 Å². The zero-order valence-corrected chi connectivity index (χ0v) is 11.1. The van der Waals surface area contributed by atoms with Crippen molar-refractivity contribution in [3.8, 4) is 5.75 Å². The summed E-state index contributed by atoms with van der Waals surface area (Å²) in [6.45, 7) is 5.07. The molecule has 0 radical (unpaired) electrons. The van der Waals surface area contributed by atoms with Crippen LogP contribution in [0.15, 0.2) is 54.6 Å². The van der Waals surface area contributed by atoms with Crippen LogP contribution in [0.1, 0.15) is 30.9 Å². The lowest BCUT2D eigenvalue weighted by Crippen LogP contribution is -2.06. The van der Waals surface area contributed by atoms with Gasteiger partial charge in [0.2, 0.25) is 0 Å². The van der Waals surface area contributed by atoms with Crippen molar-refractivity contribution in [2.24, 2.45) is 0 Å². The molecule has 18 heavy (non-hydrogen) atoms. The molecule has 0 N–H and O–H groups in total. The third-order valence-corrected chi connectivity index (χ3v) is 3.20. The van der Waals surface area contributed by atoms with Crippen molar-refractivity contribution in [2.75, 3.05) is 6.61 Å². The van der Waals surface area contributed by atoms with Gasteiger partial charge in [0.1, 0.15) is 5.75 Å². The van der Waals surface area contributed by atoms with Crippen molar-refractivity contribution in [3.63, 3.8) is 0 Å². The van der Waals surface area contributed by atoms with Gasteiger partial charge < -0.3 is 4.74 Å². The van der Waals surface area contributed by atoms with Gasteiger partial charge in [-0.3, -0.25) is 0 Å². The van der Waals surface area contributed by atoms with Gasteiger partial charge in [-0.1, -0.05) is 56.3 Å². The van der Waals surface area contributed by atoms with Gasteiger partial charge >= 0.3 is 0 Å². The van der Waals surface area contributed by atoms with Gasteiger partial charge in [0.15, 0.2) is 0 Å². The van der Waals surface area contributed by atoms with E-state index in [1.54, 1.807) is 0 Å². The van der Waals surface area contributed by atoms with Gasteiger partial charge in [0.25, 0.3) is 0 Å². The van der Waals surface area contributed by atoms with Crippen LogP contribution < -0.4 is 4.74 Å². The number of rotatable bonds is 5. The Morgan fingerprint density at radius 3 is 2.22 bits per heavy atom. The summed E-state index contributed by atoms with van der Waals surface area (Å²) < 4.78 is 5.82. The van der Waals surface area contributed by atoms with Crippen molar-refractivity contribution in [1.82, 2.24) is 0 Å². The molecular weight excluding hydrogens is 220 g/mol. The van der Waals surface area contributed by atoms with Gasteiger partial charge in [0, 0.05) is 5.92 Å². The molecule has 1 nitrogen and oxygen atoms in total. The summed E-state index contributed by atoms with van der Waals surface area (Å²) in [5, 5.41) is 0. The number of benzene rings is 2. The molecule has 1 atom stereocenters. The van der Waals surface area contributed by atoms with Crippen LogP contribution in [0, 0.1) is 0 Å². The second kappa shape index (κ2) is 6.25. The number of aryl methyl sites for hydroxylation is 1. The fraction of sp³-hybridized carbons (Fsp3) is 0.294. The first-order valence-corrected chi connectivity index (χ1v) is 6.56. The molecule has 0 fully saturated rings. The van der Waals surface area contributed by atoms with Crippen molar-refractivity contribution in [3.05, 3.63) is 65.7 Å². The number of ether oxygens (including phenoxy) is 1. The van der Waals surface area contributed by atoms with Crippen LogP contribution in [0.3, 0.4) is 0 Å². The average molecular weight is 240 g/mol. The lowest BCUT2D eigenvalue weighted by Gasteiger charge is -2.13. The summed E-state index contributed by atoms with van der Waals surface area (Å²) in [5.41, 5.74) is 2.67.